The van der Waals surface area contributed by atoms with E-state index < -0.39 is 0 Å². The number of hydrogen-bond donors (Lipinski definition) is 0. The second-order valence-electron chi connectivity index (χ2n) is 9.37. The number of para-hydroxylation sites is 4. The molecule has 2 nitrogen and oxygen atoms in total. The second kappa shape index (κ2) is 8.59. The highest BCUT2D eigenvalue weighted by Crippen LogP contribution is 2.45. The molecule has 8 aromatic rings. The van der Waals surface area contributed by atoms with E-state index >= 15 is 0 Å². The van der Waals surface area contributed by atoms with Crippen LogP contribution in [0.15, 0.2) is 121 Å². The maximum absolute atomic E-state index is 4.92. The maximum atomic E-state index is 4.92. The minimum Gasteiger partial charge on any atom is -0.248 e. The van der Waals surface area contributed by atoms with Crippen molar-refractivity contribution in [3.05, 3.63) is 121 Å². The Kier molecular flexibility index (Phi) is 4.90. The molecule has 0 amide bonds. The molecule has 0 N–H and O–H groups in total. The molecule has 0 saturated carbocycles. The van der Waals surface area contributed by atoms with Crippen LogP contribution in [0, 0.1) is 0 Å². The van der Waals surface area contributed by atoms with Crippen LogP contribution >= 0.6 is 22.7 Å². The van der Waals surface area contributed by atoms with Gasteiger partial charge in [0.15, 0.2) is 0 Å². The molecule has 4 aromatic carbocycles. The molecule has 0 aliphatic rings. The van der Waals surface area contributed by atoms with Crippen LogP contribution in [0.5, 0.6) is 0 Å². The van der Waals surface area contributed by atoms with Gasteiger partial charge in [0, 0.05) is 52.2 Å². The SMILES string of the molecule is c1ccc2c(-c3ccc(-c4ccc(-c5c6ccccc6nc6ccccc56)s4)s3)c3ccccc3nc2c1. The van der Waals surface area contributed by atoms with Gasteiger partial charge in [-0.2, -0.15) is 0 Å². The zero-order valence-corrected chi connectivity index (χ0v) is 21.9. The van der Waals surface area contributed by atoms with Crippen molar-refractivity contribution >= 4 is 66.3 Å². The third kappa shape index (κ3) is 3.38. The molecule has 0 fully saturated rings. The first-order valence-electron chi connectivity index (χ1n) is 12.6. The van der Waals surface area contributed by atoms with E-state index in [4.69, 9.17) is 9.97 Å². The van der Waals surface area contributed by atoms with E-state index in [1.54, 1.807) is 0 Å². The zero-order chi connectivity index (χ0) is 25.1. The summed E-state index contributed by atoms with van der Waals surface area (Å²) in [5.41, 5.74) is 6.67. The van der Waals surface area contributed by atoms with E-state index in [-0.39, 0.29) is 0 Å². The van der Waals surface area contributed by atoms with Crippen LogP contribution in [-0.4, -0.2) is 9.97 Å². The van der Waals surface area contributed by atoms with Gasteiger partial charge in [-0.1, -0.05) is 72.8 Å². The number of pyridine rings is 2. The van der Waals surface area contributed by atoms with Crippen molar-refractivity contribution in [1.82, 2.24) is 9.97 Å². The summed E-state index contributed by atoms with van der Waals surface area (Å²) >= 11 is 3.71. The van der Waals surface area contributed by atoms with Gasteiger partial charge in [0.25, 0.3) is 0 Å². The van der Waals surface area contributed by atoms with Crippen LogP contribution in [0.25, 0.3) is 74.2 Å². The Morgan fingerprint density at radius 2 is 0.605 bits per heavy atom. The van der Waals surface area contributed by atoms with Crippen LogP contribution in [0.2, 0.25) is 0 Å². The van der Waals surface area contributed by atoms with Crippen LogP contribution in [0.4, 0.5) is 0 Å². The molecule has 38 heavy (non-hydrogen) atoms. The molecule has 178 valence electrons. The molecule has 0 spiro atoms. The Morgan fingerprint density at radius 3 is 0.947 bits per heavy atom. The Bertz CT molecular complexity index is 1890. The summed E-state index contributed by atoms with van der Waals surface area (Å²) in [6, 6.07) is 42.9. The molecular weight excluding hydrogens is 501 g/mol. The predicted molar refractivity (Wildman–Crippen MR) is 164 cm³/mol. The van der Waals surface area contributed by atoms with Gasteiger partial charge < -0.3 is 0 Å². The van der Waals surface area contributed by atoms with Crippen molar-refractivity contribution in [3.8, 4) is 30.6 Å². The normalized spacial score (nSPS) is 11.7. The number of rotatable bonds is 3. The largest absolute Gasteiger partial charge is 0.248 e. The molecule has 0 radical (unpaired) electrons. The molecular formula is C34H20N2S2. The topological polar surface area (TPSA) is 25.8 Å². The molecule has 0 bridgehead atoms. The minimum absolute atomic E-state index is 1.03. The molecule has 0 atom stereocenters. The van der Waals surface area contributed by atoms with Crippen LogP contribution in [0.1, 0.15) is 0 Å². The number of hydrogen-bond acceptors (Lipinski definition) is 4. The number of fused-ring (bicyclic) bond motifs is 4. The predicted octanol–water partition coefficient (Wildman–Crippen LogP) is 10.2. The van der Waals surface area contributed by atoms with E-state index in [1.807, 2.05) is 22.7 Å². The maximum Gasteiger partial charge on any atom is 0.0716 e. The van der Waals surface area contributed by atoms with Crippen molar-refractivity contribution < 1.29 is 0 Å². The Morgan fingerprint density at radius 1 is 0.316 bits per heavy atom. The van der Waals surface area contributed by atoms with Gasteiger partial charge in [0.1, 0.15) is 0 Å². The lowest BCUT2D eigenvalue weighted by Crippen LogP contribution is -1.86. The summed E-state index contributed by atoms with van der Waals surface area (Å²) in [4.78, 5) is 14.9. The summed E-state index contributed by atoms with van der Waals surface area (Å²) in [5, 5.41) is 4.78. The van der Waals surface area contributed by atoms with Gasteiger partial charge in [0.2, 0.25) is 0 Å². The molecule has 0 aliphatic carbocycles. The molecule has 0 unspecified atom stereocenters. The van der Waals surface area contributed by atoms with E-state index in [0.717, 1.165) is 22.1 Å². The molecule has 8 rings (SSSR count). The molecule has 4 heterocycles. The summed E-state index contributed by atoms with van der Waals surface area (Å²) in [6.45, 7) is 0. The van der Waals surface area contributed by atoms with Gasteiger partial charge in [-0.15, -0.1) is 22.7 Å². The van der Waals surface area contributed by atoms with Gasteiger partial charge >= 0.3 is 0 Å². The number of thiophene rings is 2. The van der Waals surface area contributed by atoms with Crippen molar-refractivity contribution in [2.24, 2.45) is 0 Å². The Hall–Kier alpha value is -4.38. The Balaban J connectivity index is 1.29. The molecule has 0 aliphatic heterocycles. The first-order valence-corrected chi connectivity index (χ1v) is 14.2. The fourth-order valence-corrected chi connectivity index (χ4v) is 7.67. The van der Waals surface area contributed by atoms with E-state index in [9.17, 15) is 0 Å². The number of nitrogens with zero attached hydrogens (tertiary/aromatic N) is 2. The van der Waals surface area contributed by atoms with Crippen molar-refractivity contribution in [1.29, 1.82) is 0 Å². The number of benzene rings is 4. The lowest BCUT2D eigenvalue weighted by molar-refractivity contribution is 1.50. The van der Waals surface area contributed by atoms with E-state index in [1.165, 1.54) is 52.2 Å². The van der Waals surface area contributed by atoms with Crippen molar-refractivity contribution in [2.45, 2.75) is 0 Å². The zero-order valence-electron chi connectivity index (χ0n) is 20.3. The van der Waals surface area contributed by atoms with Gasteiger partial charge in [-0.3, -0.25) is 0 Å². The average molecular weight is 521 g/mol. The third-order valence-electron chi connectivity index (χ3n) is 7.12. The molecule has 4 aromatic heterocycles. The van der Waals surface area contributed by atoms with Gasteiger partial charge in [-0.05, 0) is 48.5 Å². The third-order valence-corrected chi connectivity index (χ3v) is 9.52. The fraction of sp³-hybridized carbons (Fsp3) is 0. The monoisotopic (exact) mass is 520 g/mol. The minimum atomic E-state index is 1.03. The lowest BCUT2D eigenvalue weighted by Gasteiger charge is -2.09. The smallest absolute Gasteiger partial charge is 0.0716 e. The highest BCUT2D eigenvalue weighted by molar-refractivity contribution is 7.25. The quantitative estimate of drug-likeness (QED) is 0.217. The number of aromatic nitrogens is 2. The van der Waals surface area contributed by atoms with E-state index in [2.05, 4.69) is 121 Å². The highest BCUT2D eigenvalue weighted by atomic mass is 32.1. The van der Waals surface area contributed by atoms with Crippen LogP contribution in [-0.2, 0) is 0 Å². The summed E-state index contributed by atoms with van der Waals surface area (Å²) in [6.07, 6.45) is 0. The first-order chi connectivity index (χ1) is 18.8. The van der Waals surface area contributed by atoms with Gasteiger partial charge in [-0.25, -0.2) is 9.97 Å². The highest BCUT2D eigenvalue weighted by Gasteiger charge is 2.16. The first kappa shape index (κ1) is 21.7. The summed E-state index contributed by atoms with van der Waals surface area (Å²) < 4.78 is 0. The summed E-state index contributed by atoms with van der Waals surface area (Å²) in [5.74, 6) is 0. The van der Waals surface area contributed by atoms with E-state index in [0.29, 0.717) is 0 Å². The van der Waals surface area contributed by atoms with Crippen LogP contribution < -0.4 is 0 Å². The van der Waals surface area contributed by atoms with Crippen LogP contribution in [0.3, 0.4) is 0 Å². The second-order valence-corrected chi connectivity index (χ2v) is 11.5. The lowest BCUT2D eigenvalue weighted by atomic mass is 10.0. The average Bonchev–Trinajstić information content (AvgIpc) is 3.65. The van der Waals surface area contributed by atoms with Gasteiger partial charge in [0.05, 0.1) is 22.1 Å². The van der Waals surface area contributed by atoms with Crippen molar-refractivity contribution in [3.63, 3.8) is 0 Å². The fourth-order valence-electron chi connectivity index (χ4n) is 5.42. The summed E-state index contributed by atoms with van der Waals surface area (Å²) in [7, 11) is 0. The van der Waals surface area contributed by atoms with Crippen molar-refractivity contribution in [2.75, 3.05) is 0 Å². The molecule has 0 saturated heterocycles. The molecule has 4 heteroatoms. The standard InChI is InChI=1S/C34H20N2S2/c1-5-13-25-21(9-1)33(22-10-2-6-14-26(22)35-25)31-19-17-29(37-31)30-18-20-32(38-30)34-23-11-3-7-15-27(23)36-28-16-8-4-12-24(28)34/h1-20H. The Labute approximate surface area is 227 Å².